The SMILES string of the molecule is Sc1c(Cl)cccc1Cl.[C-]1=CC=CC1.[Cl-].[Cl-].[Hf]. The van der Waals surface area contributed by atoms with Crippen molar-refractivity contribution in [2.45, 2.75) is 11.3 Å². The summed E-state index contributed by atoms with van der Waals surface area (Å²) in [6.07, 6.45) is 10.0. The van der Waals surface area contributed by atoms with E-state index in [2.05, 4.69) is 24.8 Å². The fourth-order valence-corrected chi connectivity index (χ4v) is 1.38. The average molecular weight is 494 g/mol. The van der Waals surface area contributed by atoms with Crippen LogP contribution in [0.2, 0.25) is 10.0 Å². The summed E-state index contributed by atoms with van der Waals surface area (Å²) >= 11 is 15.4. The van der Waals surface area contributed by atoms with Gasteiger partial charge in [-0.05, 0) is 12.1 Å². The molecule has 17 heavy (non-hydrogen) atoms. The fourth-order valence-electron chi connectivity index (χ4n) is 0.829. The second kappa shape index (κ2) is 13.5. The van der Waals surface area contributed by atoms with Crippen LogP contribution in [0.15, 0.2) is 41.3 Å². The fraction of sp³-hybridized carbons (Fsp3) is 0.0909. The van der Waals surface area contributed by atoms with Crippen molar-refractivity contribution in [1.29, 1.82) is 0 Å². The Morgan fingerprint density at radius 3 is 1.88 bits per heavy atom. The van der Waals surface area contributed by atoms with Gasteiger partial charge in [-0.25, -0.2) is 12.2 Å². The molecule has 0 saturated heterocycles. The predicted octanol–water partition coefficient (Wildman–Crippen LogP) is -1.41. The minimum atomic E-state index is 0. The first-order valence-electron chi connectivity index (χ1n) is 4.06. The van der Waals surface area contributed by atoms with Gasteiger partial charge in [-0.15, -0.1) is 19.0 Å². The molecule has 1 aromatic rings. The summed E-state index contributed by atoms with van der Waals surface area (Å²) in [6.45, 7) is 0. The van der Waals surface area contributed by atoms with Gasteiger partial charge < -0.3 is 24.8 Å². The van der Waals surface area contributed by atoms with Crippen molar-refractivity contribution in [3.05, 3.63) is 52.5 Å². The molecule has 0 bridgehead atoms. The molecule has 0 aromatic heterocycles. The third-order valence-electron chi connectivity index (χ3n) is 1.52. The van der Waals surface area contributed by atoms with Crippen LogP contribution in [0.3, 0.4) is 0 Å². The Morgan fingerprint density at radius 2 is 1.65 bits per heavy atom. The maximum absolute atomic E-state index is 5.65. The van der Waals surface area contributed by atoms with Crippen molar-refractivity contribution in [2.75, 3.05) is 0 Å². The molecular formula is C11H9Cl4HfS-3. The largest absolute Gasteiger partial charge is 1.00 e. The quantitative estimate of drug-likeness (QED) is 0.257. The van der Waals surface area contributed by atoms with Crippen LogP contribution >= 0.6 is 35.8 Å². The van der Waals surface area contributed by atoms with E-state index < -0.39 is 0 Å². The molecule has 94 valence electrons. The number of benzene rings is 1. The topological polar surface area (TPSA) is 0 Å². The van der Waals surface area contributed by atoms with Crippen molar-refractivity contribution >= 4 is 35.8 Å². The van der Waals surface area contributed by atoms with Crippen molar-refractivity contribution in [1.82, 2.24) is 0 Å². The number of thiol groups is 1. The summed E-state index contributed by atoms with van der Waals surface area (Å²) in [6, 6.07) is 5.27. The molecule has 0 nitrogen and oxygen atoms in total. The molecule has 1 aliphatic rings. The number of allylic oxidation sites excluding steroid dienone is 4. The van der Waals surface area contributed by atoms with Gasteiger partial charge in [0.05, 0.1) is 10.0 Å². The molecule has 0 fully saturated rings. The Labute approximate surface area is 149 Å². The molecule has 2 rings (SSSR count). The summed E-state index contributed by atoms with van der Waals surface area (Å²) in [7, 11) is 0. The van der Waals surface area contributed by atoms with E-state index in [-0.39, 0.29) is 50.7 Å². The molecule has 0 heterocycles. The van der Waals surface area contributed by atoms with Gasteiger partial charge in [0.2, 0.25) is 0 Å². The van der Waals surface area contributed by atoms with Crippen LogP contribution in [-0.4, -0.2) is 0 Å². The maximum atomic E-state index is 5.65. The Bertz CT molecular complexity index is 336. The molecule has 0 N–H and O–H groups in total. The Kier molecular flexibility index (Phi) is 18.4. The van der Waals surface area contributed by atoms with Gasteiger partial charge in [0, 0.05) is 30.7 Å². The first kappa shape index (κ1) is 23.2. The molecule has 0 aliphatic heterocycles. The van der Waals surface area contributed by atoms with Crippen LogP contribution in [0.1, 0.15) is 6.42 Å². The third-order valence-corrected chi connectivity index (χ3v) is 2.90. The van der Waals surface area contributed by atoms with Crippen molar-refractivity contribution in [3.63, 3.8) is 0 Å². The Hall–Kier alpha value is 1.08. The summed E-state index contributed by atoms with van der Waals surface area (Å²) in [5.41, 5.74) is 0. The zero-order valence-electron chi connectivity index (χ0n) is 8.63. The molecule has 0 radical (unpaired) electrons. The summed E-state index contributed by atoms with van der Waals surface area (Å²) in [5.74, 6) is 0. The standard InChI is InChI=1S/C6H4Cl2S.C5H5.2ClH.Hf/c7-4-2-1-3-5(8)6(4)9;1-2-4-5-3-1;;;/h1-3,9H;1-3H,4H2;2*1H;/q;-1;;;/p-2. The van der Waals surface area contributed by atoms with Crippen LogP contribution < -0.4 is 24.8 Å². The molecule has 0 amide bonds. The van der Waals surface area contributed by atoms with E-state index in [1.165, 1.54) is 0 Å². The van der Waals surface area contributed by atoms with Gasteiger partial charge in [0.1, 0.15) is 0 Å². The van der Waals surface area contributed by atoms with E-state index in [1.54, 1.807) is 18.2 Å². The van der Waals surface area contributed by atoms with Gasteiger partial charge in [0.25, 0.3) is 0 Å². The van der Waals surface area contributed by atoms with Crippen LogP contribution in [0.25, 0.3) is 0 Å². The molecule has 1 aromatic carbocycles. The van der Waals surface area contributed by atoms with Gasteiger partial charge in [0.15, 0.2) is 0 Å². The number of halogens is 4. The summed E-state index contributed by atoms with van der Waals surface area (Å²) in [5, 5.41) is 1.18. The normalized spacial score (nSPS) is 10.3. The van der Waals surface area contributed by atoms with Crippen molar-refractivity contribution in [3.8, 4) is 0 Å². The van der Waals surface area contributed by atoms with Crippen LogP contribution in [0, 0.1) is 6.08 Å². The van der Waals surface area contributed by atoms with Gasteiger partial charge in [-0.3, -0.25) is 6.08 Å². The molecule has 0 atom stereocenters. The number of hydrogen-bond acceptors (Lipinski definition) is 1. The second-order valence-electron chi connectivity index (χ2n) is 2.57. The first-order valence-corrected chi connectivity index (χ1v) is 5.27. The Morgan fingerprint density at radius 1 is 1.12 bits per heavy atom. The third kappa shape index (κ3) is 9.63. The zero-order valence-corrected chi connectivity index (χ0v) is 16.1. The summed E-state index contributed by atoms with van der Waals surface area (Å²) < 4.78 is 0. The van der Waals surface area contributed by atoms with E-state index in [4.69, 9.17) is 23.2 Å². The number of rotatable bonds is 0. The summed E-state index contributed by atoms with van der Waals surface area (Å²) in [4.78, 5) is 0.640. The Balaban J connectivity index is -0.000000216. The minimum absolute atomic E-state index is 0. The van der Waals surface area contributed by atoms with Gasteiger partial charge >= 0.3 is 0 Å². The van der Waals surface area contributed by atoms with Crippen LogP contribution in [0.5, 0.6) is 0 Å². The maximum Gasteiger partial charge on any atom is 0.0554 e. The van der Waals surface area contributed by atoms with E-state index in [0.717, 1.165) is 6.42 Å². The second-order valence-corrected chi connectivity index (χ2v) is 3.83. The molecular weight excluding hydrogens is 484 g/mol. The van der Waals surface area contributed by atoms with Crippen molar-refractivity contribution in [2.24, 2.45) is 0 Å². The van der Waals surface area contributed by atoms with Gasteiger partial charge in [-0.1, -0.05) is 29.3 Å². The zero-order chi connectivity index (χ0) is 10.4. The van der Waals surface area contributed by atoms with E-state index in [0.29, 0.717) is 14.9 Å². The van der Waals surface area contributed by atoms with E-state index >= 15 is 0 Å². The van der Waals surface area contributed by atoms with Gasteiger partial charge in [-0.2, -0.15) is 6.08 Å². The van der Waals surface area contributed by atoms with Crippen LogP contribution in [-0.2, 0) is 25.8 Å². The average Bonchev–Trinajstić information content (AvgIpc) is 2.72. The monoisotopic (exact) mass is 493 g/mol. The molecule has 0 spiro atoms. The molecule has 0 saturated carbocycles. The predicted molar refractivity (Wildman–Crippen MR) is 65.3 cm³/mol. The molecule has 0 unspecified atom stereocenters. The molecule has 1 aliphatic carbocycles. The number of hydrogen-bond donors (Lipinski definition) is 1. The smallest absolute Gasteiger partial charge is 0.0554 e. The van der Waals surface area contributed by atoms with Crippen LogP contribution in [0.4, 0.5) is 0 Å². The van der Waals surface area contributed by atoms with Crippen molar-refractivity contribution < 1.29 is 50.7 Å². The van der Waals surface area contributed by atoms with E-state index in [9.17, 15) is 0 Å². The minimum Gasteiger partial charge on any atom is -1.00 e. The first-order chi connectivity index (χ1) is 6.72. The molecule has 6 heteroatoms. The van der Waals surface area contributed by atoms with E-state index in [1.807, 2.05) is 12.2 Å².